The first-order valence-electron chi connectivity index (χ1n) is 11.4. The van der Waals surface area contributed by atoms with E-state index in [1.165, 1.54) is 36.4 Å². The molecule has 0 aromatic carbocycles. The number of thiazole rings is 1. The third-order valence-corrected chi connectivity index (χ3v) is 7.73. The van der Waals surface area contributed by atoms with E-state index < -0.39 is 0 Å². The third kappa shape index (κ3) is 4.93. The summed E-state index contributed by atoms with van der Waals surface area (Å²) >= 11 is 1.85. The summed E-state index contributed by atoms with van der Waals surface area (Å²) in [4.78, 5) is 28.6. The topological polar surface area (TPSA) is 63.9 Å². The smallest absolute Gasteiger partial charge is 0.253 e. The number of likely N-dealkylation sites (tertiary alicyclic amines) is 1. The fraction of sp³-hybridized carbons (Fsp3) is 0.500. The summed E-state index contributed by atoms with van der Waals surface area (Å²) in [5.41, 5.74) is 2.88. The Morgan fingerprint density at radius 1 is 1.06 bits per heavy atom. The lowest BCUT2D eigenvalue weighted by atomic mass is 9.96. The normalized spacial score (nSPS) is 18.6. The highest BCUT2D eigenvalue weighted by Gasteiger charge is 2.23. The van der Waals surface area contributed by atoms with E-state index in [-0.39, 0.29) is 5.56 Å². The molecule has 0 bridgehead atoms. The number of hydrogen-bond donors (Lipinski definition) is 0. The van der Waals surface area contributed by atoms with E-state index >= 15 is 0 Å². The minimum Gasteiger partial charge on any atom is -0.299 e. The summed E-state index contributed by atoms with van der Waals surface area (Å²) in [6, 6.07) is 5.39. The van der Waals surface area contributed by atoms with Crippen molar-refractivity contribution in [3.63, 3.8) is 0 Å². The molecule has 0 radical (unpaired) electrons. The quantitative estimate of drug-likeness (QED) is 0.577. The molecular formula is C24H29N5OS. The summed E-state index contributed by atoms with van der Waals surface area (Å²) in [5, 5.41) is 3.61. The standard InChI is InChI=1S/C24H29N5OS/c30-23-13-22(19-5-9-25-10-6-19)26-17-29(23)14-18-7-11-28(12-8-18)15-21-16-31-24(27-21)20-3-1-2-4-20/h5-6,9-10,13,16-18,20H,1-4,7-8,11-12,14-15H2. The summed E-state index contributed by atoms with van der Waals surface area (Å²) in [6.07, 6.45) is 12.7. The van der Waals surface area contributed by atoms with Crippen molar-refractivity contribution < 1.29 is 0 Å². The first kappa shape index (κ1) is 20.5. The van der Waals surface area contributed by atoms with Crippen molar-refractivity contribution in [3.05, 3.63) is 63.4 Å². The lowest BCUT2D eigenvalue weighted by Gasteiger charge is -2.31. The van der Waals surface area contributed by atoms with E-state index in [9.17, 15) is 4.79 Å². The molecule has 7 heteroatoms. The Hall–Kier alpha value is -2.38. The molecule has 1 saturated carbocycles. The Kier molecular flexibility index (Phi) is 6.22. The number of hydrogen-bond acceptors (Lipinski definition) is 6. The summed E-state index contributed by atoms with van der Waals surface area (Å²) in [7, 11) is 0. The molecule has 1 aliphatic heterocycles. The molecule has 0 atom stereocenters. The van der Waals surface area contributed by atoms with Crippen LogP contribution < -0.4 is 5.56 Å². The van der Waals surface area contributed by atoms with Gasteiger partial charge in [0.05, 0.1) is 22.7 Å². The first-order chi connectivity index (χ1) is 15.2. The number of piperidine rings is 1. The van der Waals surface area contributed by atoms with Gasteiger partial charge in [-0.25, -0.2) is 9.97 Å². The zero-order chi connectivity index (χ0) is 21.0. The Bertz CT molecular complexity index is 1050. The van der Waals surface area contributed by atoms with Gasteiger partial charge in [0.1, 0.15) is 0 Å². The largest absolute Gasteiger partial charge is 0.299 e. The molecule has 4 heterocycles. The molecule has 0 amide bonds. The molecule has 1 saturated heterocycles. The van der Waals surface area contributed by atoms with Crippen molar-refractivity contribution in [1.29, 1.82) is 0 Å². The summed E-state index contributed by atoms with van der Waals surface area (Å²) < 4.78 is 1.76. The van der Waals surface area contributed by atoms with Crippen LogP contribution in [0, 0.1) is 5.92 Å². The van der Waals surface area contributed by atoms with Crippen molar-refractivity contribution in [3.8, 4) is 11.3 Å². The molecule has 6 nitrogen and oxygen atoms in total. The van der Waals surface area contributed by atoms with Crippen LogP contribution in [0.15, 0.2) is 47.1 Å². The molecule has 0 unspecified atom stereocenters. The Labute approximate surface area is 187 Å². The number of nitrogens with zero attached hydrogens (tertiary/aromatic N) is 5. The fourth-order valence-electron chi connectivity index (χ4n) is 4.83. The minimum atomic E-state index is 0.0196. The van der Waals surface area contributed by atoms with E-state index in [0.29, 0.717) is 17.5 Å². The molecule has 162 valence electrons. The van der Waals surface area contributed by atoms with Crippen LogP contribution in [-0.2, 0) is 13.1 Å². The maximum atomic E-state index is 12.6. The average Bonchev–Trinajstić information content (AvgIpc) is 3.49. The maximum absolute atomic E-state index is 12.6. The second kappa shape index (κ2) is 9.40. The van der Waals surface area contributed by atoms with Gasteiger partial charge in [0, 0.05) is 48.4 Å². The van der Waals surface area contributed by atoms with E-state index in [1.54, 1.807) is 29.4 Å². The molecule has 1 aliphatic carbocycles. The van der Waals surface area contributed by atoms with Gasteiger partial charge < -0.3 is 0 Å². The molecule has 3 aromatic heterocycles. The Morgan fingerprint density at radius 3 is 2.58 bits per heavy atom. The Balaban J connectivity index is 1.14. The van der Waals surface area contributed by atoms with Crippen LogP contribution in [0.3, 0.4) is 0 Å². The van der Waals surface area contributed by atoms with Crippen LogP contribution in [-0.4, -0.2) is 37.5 Å². The van der Waals surface area contributed by atoms with Gasteiger partial charge in [-0.05, 0) is 56.8 Å². The van der Waals surface area contributed by atoms with Crippen molar-refractivity contribution in [2.45, 2.75) is 57.5 Å². The van der Waals surface area contributed by atoms with Crippen LogP contribution >= 0.6 is 11.3 Å². The van der Waals surface area contributed by atoms with Crippen molar-refractivity contribution >= 4 is 11.3 Å². The highest BCUT2D eigenvalue weighted by Crippen LogP contribution is 2.35. The van der Waals surface area contributed by atoms with Gasteiger partial charge in [0.15, 0.2) is 0 Å². The molecule has 31 heavy (non-hydrogen) atoms. The number of rotatable bonds is 6. The second-order valence-corrected chi connectivity index (χ2v) is 9.77. The Morgan fingerprint density at radius 2 is 1.84 bits per heavy atom. The van der Waals surface area contributed by atoms with Crippen molar-refractivity contribution in [2.75, 3.05) is 13.1 Å². The fourth-order valence-corrected chi connectivity index (χ4v) is 5.82. The molecule has 0 N–H and O–H groups in total. The van der Waals surface area contributed by atoms with Crippen molar-refractivity contribution in [1.82, 2.24) is 24.4 Å². The summed E-state index contributed by atoms with van der Waals surface area (Å²) in [5.74, 6) is 1.23. The summed E-state index contributed by atoms with van der Waals surface area (Å²) in [6.45, 7) is 3.84. The average molecular weight is 436 g/mol. The van der Waals surface area contributed by atoms with E-state index in [0.717, 1.165) is 44.6 Å². The molecule has 5 rings (SSSR count). The van der Waals surface area contributed by atoms with E-state index in [4.69, 9.17) is 4.98 Å². The van der Waals surface area contributed by atoms with Gasteiger partial charge in [0.25, 0.3) is 5.56 Å². The van der Waals surface area contributed by atoms with Crippen LogP contribution in [0.5, 0.6) is 0 Å². The van der Waals surface area contributed by atoms with Crippen LogP contribution in [0.1, 0.15) is 55.1 Å². The lowest BCUT2D eigenvalue weighted by Crippen LogP contribution is -2.36. The molecule has 2 aliphatic rings. The van der Waals surface area contributed by atoms with Gasteiger partial charge in [-0.1, -0.05) is 12.8 Å². The molecule has 2 fully saturated rings. The van der Waals surface area contributed by atoms with Gasteiger partial charge in [-0.3, -0.25) is 19.2 Å². The molecular weight excluding hydrogens is 406 g/mol. The molecule has 0 spiro atoms. The van der Waals surface area contributed by atoms with Crippen LogP contribution in [0.2, 0.25) is 0 Å². The highest BCUT2D eigenvalue weighted by atomic mass is 32.1. The van der Waals surface area contributed by atoms with Gasteiger partial charge in [-0.15, -0.1) is 11.3 Å². The van der Waals surface area contributed by atoms with Crippen LogP contribution in [0.25, 0.3) is 11.3 Å². The maximum Gasteiger partial charge on any atom is 0.253 e. The van der Waals surface area contributed by atoms with Crippen molar-refractivity contribution in [2.24, 2.45) is 5.92 Å². The molecule has 3 aromatic rings. The number of pyridine rings is 1. The number of aromatic nitrogens is 4. The van der Waals surface area contributed by atoms with Gasteiger partial charge in [0.2, 0.25) is 0 Å². The van der Waals surface area contributed by atoms with Gasteiger partial charge in [-0.2, -0.15) is 0 Å². The minimum absolute atomic E-state index is 0.0196. The van der Waals surface area contributed by atoms with Crippen LogP contribution in [0.4, 0.5) is 0 Å². The van der Waals surface area contributed by atoms with E-state index in [2.05, 4.69) is 20.2 Å². The predicted molar refractivity (Wildman–Crippen MR) is 123 cm³/mol. The first-order valence-corrected chi connectivity index (χ1v) is 12.3. The zero-order valence-corrected chi connectivity index (χ0v) is 18.6. The zero-order valence-electron chi connectivity index (χ0n) is 17.8. The third-order valence-electron chi connectivity index (χ3n) is 6.68. The van der Waals surface area contributed by atoms with E-state index in [1.807, 2.05) is 23.5 Å². The SMILES string of the molecule is O=c1cc(-c2ccncc2)ncn1CC1CCN(Cc2csc(C3CCCC3)n2)CC1. The predicted octanol–water partition coefficient (Wildman–Crippen LogP) is 4.33. The lowest BCUT2D eigenvalue weighted by molar-refractivity contribution is 0.165. The second-order valence-electron chi connectivity index (χ2n) is 8.88. The monoisotopic (exact) mass is 435 g/mol. The highest BCUT2D eigenvalue weighted by molar-refractivity contribution is 7.09. The van der Waals surface area contributed by atoms with Gasteiger partial charge >= 0.3 is 0 Å².